The van der Waals surface area contributed by atoms with Crippen LogP contribution in [-0.4, -0.2) is 144 Å². The number of amides is 6. The standard InChI is InChI=1S/C22H35Cl3N4O5.C20H33Cl3N4O6.C7H12O2/c1-5-6-7-8-11-17(30)27-18(14(2)3)19(31)26-15(4)20(32)29-12-9-10-16(28-29)21(33)34-13-22(23,24)25;1-11(2)14(25-18(31)33-19(4,5)6)15(28)24-12(3)16(29)27-9-7-8-13(26-27)17(30)32-10-20(21,22)23;1-2-3-4-5-6-7(8)9/h5,14-16,18,28H,1,6-13H2,2-4H3,(H,26,31)(H,27,30);11-14,26H,7-10H2,1-6H3,(H,24,28)(H,25,31);2H,1,3-6H2,(H,8,9)/t15-,16-,18-;12-,13-,14-;/m00./s1. The molecule has 0 saturated carbocycles. The second-order valence-corrected chi connectivity index (χ2v) is 24.7. The van der Waals surface area contributed by atoms with E-state index in [1.807, 2.05) is 19.9 Å². The van der Waals surface area contributed by atoms with E-state index in [4.69, 9.17) is 88.9 Å². The van der Waals surface area contributed by atoms with Crippen LogP contribution in [0.15, 0.2) is 25.3 Å². The number of esters is 2. The van der Waals surface area contributed by atoms with Crippen LogP contribution in [0.25, 0.3) is 0 Å². The minimum atomic E-state index is -1.74. The quantitative estimate of drug-likeness (QED) is 0.0168. The fourth-order valence-corrected chi connectivity index (χ4v) is 7.15. The minimum Gasteiger partial charge on any atom is -0.481 e. The molecule has 0 aliphatic carbocycles. The molecule has 2 aliphatic rings. The molecule has 0 bridgehead atoms. The van der Waals surface area contributed by atoms with Gasteiger partial charge < -0.3 is 40.6 Å². The van der Waals surface area contributed by atoms with Crippen LogP contribution >= 0.6 is 69.6 Å². The van der Waals surface area contributed by atoms with Gasteiger partial charge in [0.15, 0.2) is 0 Å². The van der Waals surface area contributed by atoms with Crippen molar-refractivity contribution >= 4 is 123 Å². The number of unbranched alkanes of at least 4 members (excludes halogenated alkanes) is 4. The van der Waals surface area contributed by atoms with Crippen molar-refractivity contribution < 1.29 is 62.5 Å². The number of rotatable bonds is 24. The first kappa shape index (κ1) is 72.2. The predicted molar refractivity (Wildman–Crippen MR) is 293 cm³/mol. The van der Waals surface area contributed by atoms with Crippen LogP contribution in [0.1, 0.15) is 139 Å². The summed E-state index contributed by atoms with van der Waals surface area (Å²) in [4.78, 5) is 110. The van der Waals surface area contributed by atoms with E-state index in [0.717, 1.165) is 32.1 Å². The van der Waals surface area contributed by atoms with Crippen molar-refractivity contribution in [3.05, 3.63) is 25.3 Å². The lowest BCUT2D eigenvalue weighted by Crippen LogP contribution is -2.61. The lowest BCUT2D eigenvalue weighted by atomic mass is 10.0. The summed E-state index contributed by atoms with van der Waals surface area (Å²) in [6, 6.07) is -5.08. The number of hydrogen-bond acceptors (Lipinski definition) is 14. The maximum absolute atomic E-state index is 12.9. The van der Waals surface area contributed by atoms with Crippen LogP contribution in [0.5, 0.6) is 0 Å². The number of hydrazine groups is 2. The monoisotopic (exact) mass is 1200 g/mol. The second-order valence-electron chi connectivity index (χ2n) is 19.7. The molecule has 0 spiro atoms. The van der Waals surface area contributed by atoms with Crippen LogP contribution in [0.3, 0.4) is 0 Å². The van der Waals surface area contributed by atoms with Gasteiger partial charge >= 0.3 is 24.0 Å². The van der Waals surface area contributed by atoms with E-state index < -0.39 is 110 Å². The highest BCUT2D eigenvalue weighted by atomic mass is 35.6. The van der Waals surface area contributed by atoms with Crippen molar-refractivity contribution in [3.63, 3.8) is 0 Å². The molecule has 21 nitrogen and oxygen atoms in total. The van der Waals surface area contributed by atoms with Crippen molar-refractivity contribution in [2.24, 2.45) is 11.8 Å². The molecule has 7 N–H and O–H groups in total. The third-order valence-corrected chi connectivity index (χ3v) is 11.3. The zero-order chi connectivity index (χ0) is 58.6. The van der Waals surface area contributed by atoms with Crippen molar-refractivity contribution in [2.75, 3.05) is 26.3 Å². The number of alkyl carbamates (subject to hydrolysis) is 1. The molecule has 2 rings (SSSR count). The number of hydrogen-bond donors (Lipinski definition) is 7. The summed E-state index contributed by atoms with van der Waals surface area (Å²) < 4.78 is 11.7. The van der Waals surface area contributed by atoms with E-state index in [9.17, 15) is 43.2 Å². The molecule has 0 aromatic heterocycles. The maximum atomic E-state index is 12.9. The zero-order valence-corrected chi connectivity index (χ0v) is 49.5. The summed E-state index contributed by atoms with van der Waals surface area (Å²) in [5, 5.41) is 21.3. The molecule has 2 fully saturated rings. The number of carboxylic acid groups (broad SMARTS) is 1. The lowest BCUT2D eigenvalue weighted by molar-refractivity contribution is -0.154. The van der Waals surface area contributed by atoms with E-state index in [0.29, 0.717) is 51.6 Å². The Morgan fingerprint density at radius 1 is 0.618 bits per heavy atom. The van der Waals surface area contributed by atoms with Gasteiger partial charge in [-0.15, -0.1) is 13.2 Å². The average Bonchev–Trinajstić information content (AvgIpc) is 3.32. The fourth-order valence-electron chi connectivity index (χ4n) is 6.82. The summed E-state index contributed by atoms with van der Waals surface area (Å²) >= 11 is 33.6. The number of nitrogens with one attached hydrogen (secondary N) is 6. The molecule has 6 atom stereocenters. The number of nitrogens with zero attached hydrogens (tertiary/aromatic N) is 2. The molecule has 76 heavy (non-hydrogen) atoms. The van der Waals surface area contributed by atoms with E-state index in [1.165, 1.54) is 16.9 Å². The zero-order valence-electron chi connectivity index (χ0n) is 45.0. The van der Waals surface area contributed by atoms with Gasteiger partial charge in [0.25, 0.3) is 11.8 Å². The predicted octanol–water partition coefficient (Wildman–Crippen LogP) is 7.05. The Kier molecular flexibility index (Phi) is 34.5. The number of alkyl halides is 6. The average molecular weight is 1200 g/mol. The topological polar surface area (TPSA) is 280 Å². The molecule has 2 aliphatic heterocycles. The summed E-state index contributed by atoms with van der Waals surface area (Å²) in [5.41, 5.74) is 4.88. The van der Waals surface area contributed by atoms with E-state index >= 15 is 0 Å². The van der Waals surface area contributed by atoms with E-state index in [2.05, 4.69) is 45.3 Å². The number of carboxylic acids is 1. The van der Waals surface area contributed by atoms with Crippen LogP contribution in [0, 0.1) is 11.8 Å². The Morgan fingerprint density at radius 2 is 1.00 bits per heavy atom. The van der Waals surface area contributed by atoms with E-state index in [-0.39, 0.29) is 24.2 Å². The minimum absolute atomic E-state index is 0.176. The normalized spacial score (nSPS) is 17.3. The lowest BCUT2D eigenvalue weighted by Gasteiger charge is -2.34. The molecule has 436 valence electrons. The molecule has 0 unspecified atom stereocenters. The maximum Gasteiger partial charge on any atom is 0.408 e. The summed E-state index contributed by atoms with van der Waals surface area (Å²) in [7, 11) is 0. The first-order valence-corrected chi connectivity index (χ1v) is 27.3. The smallest absolute Gasteiger partial charge is 0.408 e. The van der Waals surface area contributed by atoms with Gasteiger partial charge in [0.2, 0.25) is 25.3 Å². The highest BCUT2D eigenvalue weighted by Gasteiger charge is 2.37. The Morgan fingerprint density at radius 3 is 1.34 bits per heavy atom. The molecule has 2 saturated heterocycles. The van der Waals surface area contributed by atoms with Crippen LogP contribution in [-0.2, 0) is 52.6 Å². The SMILES string of the molecule is C=CCCCCC(=O)N[C@H](C(=O)N[C@@H](C)C(=O)N1CCC[C@@H](C(=O)OCC(Cl)(Cl)Cl)N1)C(C)C.C=CCCCCC(=O)O.CC(C)[C@H](NC(=O)OC(C)(C)C)C(=O)N[C@@H](C)C(=O)N1CCC[C@@H](C(=O)OCC(Cl)(Cl)Cl)N1. The molecule has 2 heterocycles. The van der Waals surface area contributed by atoms with Crippen LogP contribution in [0.2, 0.25) is 0 Å². The molecular formula is C49H80Cl6N8O13. The van der Waals surface area contributed by atoms with Gasteiger partial charge in [0.1, 0.15) is 55.1 Å². The largest absolute Gasteiger partial charge is 0.481 e. The Labute approximate surface area is 477 Å². The summed E-state index contributed by atoms with van der Waals surface area (Å²) in [5.74, 6) is -4.53. The van der Waals surface area contributed by atoms with Gasteiger partial charge in [-0.05, 0) is 111 Å². The van der Waals surface area contributed by atoms with Crippen LogP contribution in [0.4, 0.5) is 4.79 Å². The molecular weight excluding hydrogens is 1120 g/mol. The molecule has 6 amide bonds. The van der Waals surface area contributed by atoms with Gasteiger partial charge in [-0.25, -0.2) is 15.6 Å². The summed E-state index contributed by atoms with van der Waals surface area (Å²) in [6.07, 6.45) is 10.4. The van der Waals surface area contributed by atoms with Crippen LogP contribution < -0.4 is 32.1 Å². The Hall–Kier alpha value is -3.83. The third kappa shape index (κ3) is 32.8. The highest BCUT2D eigenvalue weighted by molar-refractivity contribution is 6.68. The number of aliphatic carboxylic acids is 1. The van der Waals surface area contributed by atoms with Crippen molar-refractivity contribution in [1.82, 2.24) is 42.1 Å². The fraction of sp³-hybridized carbons (Fsp3) is 0.735. The highest BCUT2D eigenvalue weighted by Crippen LogP contribution is 2.27. The molecule has 0 aromatic carbocycles. The first-order valence-electron chi connectivity index (χ1n) is 25.1. The number of halogens is 6. The number of ether oxygens (including phenoxy) is 3. The van der Waals surface area contributed by atoms with Gasteiger partial charge in [0.05, 0.1) is 0 Å². The first-order chi connectivity index (χ1) is 35.1. The summed E-state index contributed by atoms with van der Waals surface area (Å²) in [6.45, 7) is 22.4. The van der Waals surface area contributed by atoms with Crippen molar-refractivity contribution in [1.29, 1.82) is 0 Å². The molecule has 0 aromatic rings. The molecule has 0 radical (unpaired) electrons. The Bertz CT molecular complexity index is 1920. The third-order valence-electron chi connectivity index (χ3n) is 10.7. The number of allylic oxidation sites excluding steroid dienone is 2. The van der Waals surface area contributed by atoms with Crippen molar-refractivity contribution in [3.8, 4) is 0 Å². The van der Waals surface area contributed by atoms with E-state index in [1.54, 1.807) is 47.6 Å². The molecule has 27 heteroatoms. The van der Waals surface area contributed by atoms with Gasteiger partial charge in [-0.1, -0.05) is 109 Å². The van der Waals surface area contributed by atoms with Gasteiger partial charge in [-0.3, -0.25) is 48.4 Å². The second kappa shape index (κ2) is 36.4. The number of carbonyl (C=O) groups is 9. The van der Waals surface area contributed by atoms with Gasteiger partial charge in [0, 0.05) is 25.9 Å². The van der Waals surface area contributed by atoms with Crippen molar-refractivity contribution in [2.45, 2.75) is 189 Å². The Balaban J connectivity index is 0.00000127. The number of carbonyl (C=O) groups excluding carboxylic acids is 8. The van der Waals surface area contributed by atoms with Gasteiger partial charge in [-0.2, -0.15) is 0 Å².